The molecule has 1 aromatic heterocycles. The minimum absolute atomic E-state index is 0. The van der Waals surface area contributed by atoms with Crippen LogP contribution in [0.1, 0.15) is 37.0 Å². The number of halogens is 2. The largest absolute Gasteiger partial charge is 0.455 e. The van der Waals surface area contributed by atoms with Crippen LogP contribution in [0.3, 0.4) is 0 Å². The zero-order valence-electron chi connectivity index (χ0n) is 9.49. The van der Waals surface area contributed by atoms with Gasteiger partial charge in [-0.1, -0.05) is 6.07 Å². The van der Waals surface area contributed by atoms with Crippen LogP contribution >= 0.6 is 24.0 Å². The molecule has 1 rings (SSSR count). The number of carbonyl (C=O) groups excluding carboxylic acids is 1. The van der Waals surface area contributed by atoms with Gasteiger partial charge >= 0.3 is 5.97 Å². The molecule has 90 valence electrons. The fourth-order valence-corrected chi connectivity index (χ4v) is 1.15. The molecule has 3 nitrogen and oxygen atoms in total. The first-order chi connectivity index (χ1) is 6.92. The van der Waals surface area contributed by atoms with Crippen LogP contribution in [0, 0.1) is 0 Å². The summed E-state index contributed by atoms with van der Waals surface area (Å²) < 4.78 is 5.18. The molecule has 0 amide bonds. The fraction of sp³-hybridized carbons (Fsp3) is 0.455. The van der Waals surface area contributed by atoms with Crippen molar-refractivity contribution in [3.05, 3.63) is 29.6 Å². The summed E-state index contributed by atoms with van der Waals surface area (Å²) >= 11 is 5.62. The number of carbonyl (C=O) groups is 1. The number of aromatic nitrogens is 1. The first kappa shape index (κ1) is 15.2. The van der Waals surface area contributed by atoms with Crippen LogP contribution in [-0.4, -0.2) is 16.6 Å². The molecular weight excluding hydrogens is 249 g/mol. The SMILES string of the molecule is CC(C)(C)OC(=O)c1cccc(CCl)n1.Cl. The number of esters is 1. The van der Waals surface area contributed by atoms with E-state index >= 15 is 0 Å². The van der Waals surface area contributed by atoms with E-state index in [0.717, 1.165) is 0 Å². The molecule has 0 aliphatic carbocycles. The van der Waals surface area contributed by atoms with Crippen molar-refractivity contribution in [1.29, 1.82) is 0 Å². The normalized spacial score (nSPS) is 10.5. The second kappa shape index (κ2) is 6.06. The molecule has 16 heavy (non-hydrogen) atoms. The van der Waals surface area contributed by atoms with E-state index in [1.54, 1.807) is 18.2 Å². The van der Waals surface area contributed by atoms with Crippen molar-refractivity contribution in [2.75, 3.05) is 0 Å². The van der Waals surface area contributed by atoms with Crippen LogP contribution in [0.4, 0.5) is 0 Å². The van der Waals surface area contributed by atoms with Gasteiger partial charge in [-0.15, -0.1) is 24.0 Å². The van der Waals surface area contributed by atoms with E-state index in [-0.39, 0.29) is 18.3 Å². The van der Waals surface area contributed by atoms with Gasteiger partial charge in [0.25, 0.3) is 0 Å². The standard InChI is InChI=1S/C11H14ClNO2.ClH/c1-11(2,3)15-10(14)9-6-4-5-8(7-12)13-9;/h4-6H,7H2,1-3H3;1H. The van der Waals surface area contributed by atoms with Crippen molar-refractivity contribution in [1.82, 2.24) is 4.98 Å². The smallest absolute Gasteiger partial charge is 0.357 e. The van der Waals surface area contributed by atoms with Gasteiger partial charge in [0.15, 0.2) is 0 Å². The van der Waals surface area contributed by atoms with Gasteiger partial charge in [-0.2, -0.15) is 0 Å². The highest BCUT2D eigenvalue weighted by molar-refractivity contribution is 6.16. The summed E-state index contributed by atoms with van der Waals surface area (Å²) in [6.45, 7) is 5.45. The zero-order valence-corrected chi connectivity index (χ0v) is 11.1. The Labute approximate surface area is 107 Å². The number of ether oxygens (including phenoxy) is 1. The maximum Gasteiger partial charge on any atom is 0.357 e. The van der Waals surface area contributed by atoms with E-state index in [4.69, 9.17) is 16.3 Å². The molecule has 0 aliphatic heterocycles. The fourth-order valence-electron chi connectivity index (χ4n) is 0.998. The number of alkyl halides is 1. The Morgan fingerprint density at radius 2 is 2.06 bits per heavy atom. The van der Waals surface area contributed by atoms with Gasteiger partial charge in [0.1, 0.15) is 11.3 Å². The Morgan fingerprint density at radius 3 is 2.56 bits per heavy atom. The molecule has 0 aliphatic rings. The van der Waals surface area contributed by atoms with Crippen molar-refractivity contribution in [3.63, 3.8) is 0 Å². The van der Waals surface area contributed by atoms with Gasteiger partial charge in [-0.05, 0) is 32.9 Å². The summed E-state index contributed by atoms with van der Waals surface area (Å²) in [7, 11) is 0. The molecule has 0 fully saturated rings. The Hall–Kier alpha value is -0.800. The van der Waals surface area contributed by atoms with Crippen LogP contribution in [-0.2, 0) is 10.6 Å². The molecule has 5 heteroatoms. The first-order valence-electron chi connectivity index (χ1n) is 4.67. The lowest BCUT2D eigenvalue weighted by Crippen LogP contribution is -2.24. The van der Waals surface area contributed by atoms with Crippen LogP contribution in [0.5, 0.6) is 0 Å². The second-order valence-corrected chi connectivity index (χ2v) is 4.42. The van der Waals surface area contributed by atoms with Crippen molar-refractivity contribution in [2.24, 2.45) is 0 Å². The second-order valence-electron chi connectivity index (χ2n) is 4.15. The Morgan fingerprint density at radius 1 is 1.44 bits per heavy atom. The Balaban J connectivity index is 0.00000225. The minimum atomic E-state index is -0.504. The molecule has 0 N–H and O–H groups in total. The molecule has 0 spiro atoms. The number of nitrogens with zero attached hydrogens (tertiary/aromatic N) is 1. The van der Waals surface area contributed by atoms with E-state index in [2.05, 4.69) is 4.98 Å². The molecule has 0 unspecified atom stereocenters. The average Bonchev–Trinajstić information content (AvgIpc) is 2.15. The third kappa shape index (κ3) is 4.81. The maximum atomic E-state index is 11.6. The lowest BCUT2D eigenvalue weighted by Gasteiger charge is -2.19. The molecule has 0 atom stereocenters. The van der Waals surface area contributed by atoms with Crippen LogP contribution in [0.15, 0.2) is 18.2 Å². The van der Waals surface area contributed by atoms with Crippen molar-refractivity contribution in [3.8, 4) is 0 Å². The van der Waals surface area contributed by atoms with Gasteiger partial charge in [0, 0.05) is 0 Å². The van der Waals surface area contributed by atoms with Crippen LogP contribution in [0.2, 0.25) is 0 Å². The van der Waals surface area contributed by atoms with Crippen LogP contribution < -0.4 is 0 Å². The van der Waals surface area contributed by atoms with Gasteiger partial charge in [0.2, 0.25) is 0 Å². The summed E-state index contributed by atoms with van der Waals surface area (Å²) in [5, 5.41) is 0. The molecule has 0 saturated heterocycles. The third-order valence-corrected chi connectivity index (χ3v) is 1.83. The van der Waals surface area contributed by atoms with Crippen LogP contribution in [0.25, 0.3) is 0 Å². The van der Waals surface area contributed by atoms with Gasteiger partial charge in [-0.3, -0.25) is 0 Å². The number of hydrogen-bond acceptors (Lipinski definition) is 3. The predicted octanol–water partition coefficient (Wildman–Crippen LogP) is 3.20. The van der Waals surface area contributed by atoms with E-state index in [1.165, 1.54) is 0 Å². The van der Waals surface area contributed by atoms with E-state index in [0.29, 0.717) is 11.4 Å². The summed E-state index contributed by atoms with van der Waals surface area (Å²) in [6.07, 6.45) is 0. The van der Waals surface area contributed by atoms with Crippen molar-refractivity contribution in [2.45, 2.75) is 32.3 Å². The van der Waals surface area contributed by atoms with Gasteiger partial charge < -0.3 is 4.74 Å². The lowest BCUT2D eigenvalue weighted by molar-refractivity contribution is 0.00626. The highest BCUT2D eigenvalue weighted by atomic mass is 35.5. The Kier molecular flexibility index (Phi) is 5.76. The maximum absolute atomic E-state index is 11.6. The molecular formula is C11H15Cl2NO2. The first-order valence-corrected chi connectivity index (χ1v) is 5.21. The van der Waals surface area contributed by atoms with E-state index < -0.39 is 11.6 Å². The molecule has 1 aromatic rings. The number of pyridine rings is 1. The average molecular weight is 264 g/mol. The topological polar surface area (TPSA) is 39.2 Å². The molecule has 1 heterocycles. The molecule has 0 saturated carbocycles. The number of hydrogen-bond donors (Lipinski definition) is 0. The molecule has 0 bridgehead atoms. The van der Waals surface area contributed by atoms with Gasteiger partial charge in [0.05, 0.1) is 11.6 Å². The predicted molar refractivity (Wildman–Crippen MR) is 66.2 cm³/mol. The highest BCUT2D eigenvalue weighted by Gasteiger charge is 2.18. The quantitative estimate of drug-likeness (QED) is 0.608. The molecule has 0 radical (unpaired) electrons. The minimum Gasteiger partial charge on any atom is -0.455 e. The van der Waals surface area contributed by atoms with Crippen molar-refractivity contribution < 1.29 is 9.53 Å². The van der Waals surface area contributed by atoms with Crippen molar-refractivity contribution >= 4 is 30.0 Å². The number of rotatable bonds is 2. The summed E-state index contributed by atoms with van der Waals surface area (Å²) in [6, 6.07) is 5.12. The Bertz CT molecular complexity index is 361. The van der Waals surface area contributed by atoms with E-state index in [1.807, 2.05) is 20.8 Å². The highest BCUT2D eigenvalue weighted by Crippen LogP contribution is 2.11. The monoisotopic (exact) mass is 263 g/mol. The van der Waals surface area contributed by atoms with E-state index in [9.17, 15) is 4.79 Å². The third-order valence-electron chi connectivity index (χ3n) is 1.55. The van der Waals surface area contributed by atoms with Gasteiger partial charge in [-0.25, -0.2) is 9.78 Å². The molecule has 0 aromatic carbocycles. The zero-order chi connectivity index (χ0) is 11.5. The summed E-state index contributed by atoms with van der Waals surface area (Å²) in [5.41, 5.74) is 0.457. The summed E-state index contributed by atoms with van der Waals surface area (Å²) in [5.74, 6) is -0.133. The lowest BCUT2D eigenvalue weighted by atomic mass is 10.2. The summed E-state index contributed by atoms with van der Waals surface area (Å²) in [4.78, 5) is 15.7.